The fourth-order valence-corrected chi connectivity index (χ4v) is 5.00. The summed E-state index contributed by atoms with van der Waals surface area (Å²) in [4.78, 5) is 80.8. The van der Waals surface area contributed by atoms with Crippen LogP contribution in [0, 0.1) is 0 Å². The van der Waals surface area contributed by atoms with Crippen molar-refractivity contribution >= 4 is 41.5 Å². The molecule has 0 aliphatic heterocycles. The molecule has 0 aromatic rings. The Bertz CT molecular complexity index is 1080. The number of carbonyl (C=O) groups excluding carboxylic acids is 5. The summed E-state index contributed by atoms with van der Waals surface area (Å²) in [5.41, 5.74) is 0. The zero-order chi connectivity index (χ0) is 40.8. The van der Waals surface area contributed by atoms with Crippen LogP contribution in [0.1, 0.15) is 110 Å². The number of carboxylic acid groups (broad SMARTS) is 2. The van der Waals surface area contributed by atoms with E-state index in [-0.39, 0.29) is 121 Å². The summed E-state index contributed by atoms with van der Waals surface area (Å²) in [7, 11) is 0. The Hall–Kier alpha value is -3.87. The average molecular weight is 790 g/mol. The van der Waals surface area contributed by atoms with Gasteiger partial charge in [0.2, 0.25) is 29.5 Å². The molecule has 18 nitrogen and oxygen atoms in total. The molecule has 0 fully saturated rings. The Kier molecular flexibility index (Phi) is 34.5. The smallest absolute Gasteiger partial charge is 0.326 e. The highest BCUT2D eigenvalue weighted by Gasteiger charge is 2.20. The van der Waals surface area contributed by atoms with Gasteiger partial charge >= 0.3 is 11.9 Å². The van der Waals surface area contributed by atoms with Crippen molar-refractivity contribution in [2.75, 3.05) is 79.0 Å². The Morgan fingerprint density at radius 3 is 1.38 bits per heavy atom. The van der Waals surface area contributed by atoms with Crippen LogP contribution in [-0.4, -0.2) is 137 Å². The number of ether oxygens (including phenoxy) is 4. The standard InChI is InChI=1S/C37H67N5O13/c1-30(43)38-18-12-13-19-39-34(46)28-54-26-25-53-23-21-41-35(47)29-55-27-24-52-22-20-40-32(44)17-16-31(37(50)51)42-33(45)14-10-8-6-4-2-3-5-7-9-11-15-36(48)49/h31H,2-29H2,1H3,(H,38,43)(H,39,46)(H,40,44)(H,41,47)(H,42,45)(H,48,49)(H,50,51)/t31-/m0/s1. The van der Waals surface area contributed by atoms with Crippen LogP contribution in [0.4, 0.5) is 0 Å². The summed E-state index contributed by atoms with van der Waals surface area (Å²) in [6, 6.07) is -1.15. The van der Waals surface area contributed by atoms with Gasteiger partial charge in [-0.2, -0.15) is 0 Å². The lowest BCUT2D eigenvalue weighted by Gasteiger charge is -2.14. The first kappa shape index (κ1) is 51.1. The number of unbranched alkanes of at least 4 members (excludes halogenated alkanes) is 10. The molecule has 0 radical (unpaired) electrons. The van der Waals surface area contributed by atoms with Gasteiger partial charge in [0.05, 0.1) is 39.6 Å². The second-order valence-electron chi connectivity index (χ2n) is 13.0. The Morgan fingerprint density at radius 1 is 0.455 bits per heavy atom. The maximum atomic E-state index is 12.2. The van der Waals surface area contributed by atoms with E-state index in [1.54, 1.807) is 0 Å². The van der Waals surface area contributed by atoms with Crippen LogP contribution in [0.3, 0.4) is 0 Å². The molecule has 0 aromatic carbocycles. The number of carboxylic acids is 2. The predicted molar refractivity (Wildman–Crippen MR) is 202 cm³/mol. The summed E-state index contributed by atoms with van der Waals surface area (Å²) >= 11 is 0. The van der Waals surface area contributed by atoms with E-state index in [9.17, 15) is 38.7 Å². The van der Waals surface area contributed by atoms with Crippen molar-refractivity contribution in [1.29, 1.82) is 0 Å². The highest BCUT2D eigenvalue weighted by atomic mass is 16.5. The maximum Gasteiger partial charge on any atom is 0.326 e. The largest absolute Gasteiger partial charge is 0.481 e. The lowest BCUT2D eigenvalue weighted by molar-refractivity contribution is -0.142. The fourth-order valence-electron chi connectivity index (χ4n) is 5.00. The third kappa shape index (κ3) is 38.2. The van der Waals surface area contributed by atoms with E-state index in [0.29, 0.717) is 19.5 Å². The van der Waals surface area contributed by atoms with E-state index in [1.807, 2.05) is 0 Å². The minimum atomic E-state index is -1.19. The third-order valence-corrected chi connectivity index (χ3v) is 7.99. The average Bonchev–Trinajstić information content (AvgIpc) is 3.13. The molecule has 0 heterocycles. The van der Waals surface area contributed by atoms with Gasteiger partial charge in [0.25, 0.3) is 0 Å². The molecule has 0 spiro atoms. The summed E-state index contributed by atoms with van der Waals surface area (Å²) in [6.45, 7) is 4.10. The first-order chi connectivity index (χ1) is 26.5. The van der Waals surface area contributed by atoms with Gasteiger partial charge in [-0.3, -0.25) is 28.8 Å². The minimum Gasteiger partial charge on any atom is -0.481 e. The number of amides is 5. The van der Waals surface area contributed by atoms with Crippen LogP contribution in [-0.2, 0) is 52.5 Å². The normalized spacial score (nSPS) is 11.4. The molecule has 0 bridgehead atoms. The fraction of sp³-hybridized carbons (Fsp3) is 0.811. The predicted octanol–water partition coefficient (Wildman–Crippen LogP) is 1.43. The molecule has 0 saturated carbocycles. The summed E-state index contributed by atoms with van der Waals surface area (Å²) in [6.07, 6.45) is 11.5. The topological polar surface area (TPSA) is 257 Å². The molecule has 318 valence electrons. The molecule has 0 saturated heterocycles. The molecule has 0 aliphatic carbocycles. The molecule has 18 heteroatoms. The zero-order valence-electron chi connectivity index (χ0n) is 32.8. The molecule has 1 atom stereocenters. The molecular formula is C37H67N5O13. The lowest BCUT2D eigenvalue weighted by atomic mass is 10.0. The van der Waals surface area contributed by atoms with Crippen molar-refractivity contribution < 1.29 is 62.7 Å². The van der Waals surface area contributed by atoms with Crippen LogP contribution >= 0.6 is 0 Å². The molecule has 0 unspecified atom stereocenters. The Balaban J connectivity index is 3.65. The van der Waals surface area contributed by atoms with Gasteiger partial charge in [-0.05, 0) is 32.1 Å². The number of nitrogens with one attached hydrogen (secondary N) is 5. The molecule has 0 rings (SSSR count). The third-order valence-electron chi connectivity index (χ3n) is 7.99. The Labute approximate surface area is 325 Å². The molecule has 7 N–H and O–H groups in total. The van der Waals surface area contributed by atoms with E-state index in [2.05, 4.69) is 26.6 Å². The van der Waals surface area contributed by atoms with Crippen molar-refractivity contribution in [3.63, 3.8) is 0 Å². The maximum absolute atomic E-state index is 12.2. The second kappa shape index (κ2) is 37.1. The molecular weight excluding hydrogens is 722 g/mol. The lowest BCUT2D eigenvalue weighted by Crippen LogP contribution is -2.41. The van der Waals surface area contributed by atoms with Gasteiger partial charge in [-0.25, -0.2) is 4.79 Å². The summed E-state index contributed by atoms with van der Waals surface area (Å²) in [5, 5.41) is 31.3. The van der Waals surface area contributed by atoms with E-state index >= 15 is 0 Å². The number of hydrogen-bond acceptors (Lipinski definition) is 11. The van der Waals surface area contributed by atoms with Crippen LogP contribution in [0.2, 0.25) is 0 Å². The van der Waals surface area contributed by atoms with Gasteiger partial charge in [0, 0.05) is 52.4 Å². The quantitative estimate of drug-likeness (QED) is 0.0436. The van der Waals surface area contributed by atoms with Crippen molar-refractivity contribution in [1.82, 2.24) is 26.6 Å². The molecule has 5 amide bonds. The summed E-state index contributed by atoms with van der Waals surface area (Å²) < 4.78 is 21.2. The van der Waals surface area contributed by atoms with Crippen LogP contribution < -0.4 is 26.6 Å². The van der Waals surface area contributed by atoms with E-state index in [0.717, 1.165) is 70.6 Å². The van der Waals surface area contributed by atoms with Crippen molar-refractivity contribution in [3.8, 4) is 0 Å². The Morgan fingerprint density at radius 2 is 0.891 bits per heavy atom. The van der Waals surface area contributed by atoms with Gasteiger partial charge in [-0.15, -0.1) is 0 Å². The van der Waals surface area contributed by atoms with E-state index < -0.39 is 18.0 Å². The van der Waals surface area contributed by atoms with Gasteiger partial charge in [-0.1, -0.05) is 51.4 Å². The SMILES string of the molecule is CC(=O)NCCCCNC(=O)COCCOCCNC(=O)COCCOCCNC(=O)CC[C@H](NC(=O)CCCCCCCCCCCCC(=O)O)C(=O)O. The van der Waals surface area contributed by atoms with Crippen molar-refractivity contribution in [3.05, 3.63) is 0 Å². The molecule has 0 aliphatic rings. The summed E-state index contributed by atoms with van der Waals surface area (Å²) in [5.74, 6) is -3.28. The monoisotopic (exact) mass is 789 g/mol. The highest BCUT2D eigenvalue weighted by Crippen LogP contribution is 2.12. The molecule has 0 aromatic heterocycles. The van der Waals surface area contributed by atoms with Gasteiger partial charge in [0.1, 0.15) is 19.3 Å². The number of aliphatic carboxylic acids is 2. The van der Waals surface area contributed by atoms with E-state index in [1.165, 1.54) is 6.92 Å². The zero-order valence-corrected chi connectivity index (χ0v) is 32.8. The van der Waals surface area contributed by atoms with Crippen LogP contribution in [0.25, 0.3) is 0 Å². The first-order valence-corrected chi connectivity index (χ1v) is 19.6. The highest BCUT2D eigenvalue weighted by molar-refractivity contribution is 5.84. The number of hydrogen-bond donors (Lipinski definition) is 7. The van der Waals surface area contributed by atoms with E-state index in [4.69, 9.17) is 24.1 Å². The number of carbonyl (C=O) groups is 7. The van der Waals surface area contributed by atoms with Gasteiger partial charge in [0.15, 0.2) is 0 Å². The second-order valence-corrected chi connectivity index (χ2v) is 13.0. The van der Waals surface area contributed by atoms with Crippen molar-refractivity contribution in [2.24, 2.45) is 0 Å². The van der Waals surface area contributed by atoms with Crippen LogP contribution in [0.5, 0.6) is 0 Å². The van der Waals surface area contributed by atoms with Crippen molar-refractivity contribution in [2.45, 2.75) is 116 Å². The minimum absolute atomic E-state index is 0.0359. The number of rotatable bonds is 39. The molecule has 55 heavy (non-hydrogen) atoms. The first-order valence-electron chi connectivity index (χ1n) is 19.6. The van der Waals surface area contributed by atoms with Gasteiger partial charge < -0.3 is 55.7 Å². The van der Waals surface area contributed by atoms with Crippen LogP contribution in [0.15, 0.2) is 0 Å².